The normalized spacial score (nSPS) is 12.3. The quantitative estimate of drug-likeness (QED) is 0.199. The molecule has 2 aromatic carbocycles. The number of nitro groups is 1. The first kappa shape index (κ1) is 20.0. The third-order valence-corrected chi connectivity index (χ3v) is 4.42. The molecule has 0 radical (unpaired) electrons. The van der Waals surface area contributed by atoms with Crippen molar-refractivity contribution in [1.29, 1.82) is 0 Å². The lowest BCUT2D eigenvalue weighted by molar-refractivity contribution is -0.384. The average Bonchev–Trinajstić information content (AvgIpc) is 2.53. The van der Waals surface area contributed by atoms with Gasteiger partial charge < -0.3 is 10.6 Å². The summed E-state index contributed by atoms with van der Waals surface area (Å²) in [5.74, 6) is -0.485. The molecule has 2 aromatic rings. The van der Waals surface area contributed by atoms with Gasteiger partial charge in [0, 0.05) is 15.2 Å². The van der Waals surface area contributed by atoms with Crippen molar-refractivity contribution in [3.8, 4) is 0 Å². The number of hydrogen-bond acceptors (Lipinski definition) is 4. The summed E-state index contributed by atoms with van der Waals surface area (Å²) in [5, 5.41) is 16.4. The van der Waals surface area contributed by atoms with Crippen LogP contribution in [0.2, 0.25) is 0 Å². The molecule has 0 saturated carbocycles. The number of benzene rings is 2. The van der Waals surface area contributed by atoms with Gasteiger partial charge in [-0.1, -0.05) is 53.0 Å². The molecule has 0 aromatic heterocycles. The number of rotatable bonds is 5. The van der Waals surface area contributed by atoms with Crippen LogP contribution in [0.4, 0.5) is 11.4 Å². The molecule has 0 fully saturated rings. The van der Waals surface area contributed by atoms with Crippen LogP contribution in [0.25, 0.3) is 0 Å². The van der Waals surface area contributed by atoms with Crippen LogP contribution in [0.15, 0.2) is 48.5 Å². The van der Waals surface area contributed by atoms with Gasteiger partial charge in [0.15, 0.2) is 0 Å². The van der Waals surface area contributed by atoms with Crippen molar-refractivity contribution in [3.05, 3.63) is 67.8 Å². The fourth-order valence-electron chi connectivity index (χ4n) is 1.95. The SMILES string of the molecule is O=C(N[C@H](Nc1ccccc1[N+](=O)[O-])C(Cl)(Cl)Cl)c1cccc(I)c1. The van der Waals surface area contributed by atoms with Crippen molar-refractivity contribution in [1.82, 2.24) is 5.32 Å². The third kappa shape index (κ3) is 5.60. The van der Waals surface area contributed by atoms with E-state index in [1.807, 2.05) is 6.07 Å². The highest BCUT2D eigenvalue weighted by molar-refractivity contribution is 14.1. The second-order valence-corrected chi connectivity index (χ2v) is 8.49. The topological polar surface area (TPSA) is 84.3 Å². The Morgan fingerprint density at radius 3 is 2.44 bits per heavy atom. The fraction of sp³-hybridized carbons (Fsp3) is 0.133. The summed E-state index contributed by atoms with van der Waals surface area (Å²) in [6, 6.07) is 12.7. The van der Waals surface area contributed by atoms with Gasteiger partial charge in [-0.15, -0.1) is 0 Å². The lowest BCUT2D eigenvalue weighted by Crippen LogP contribution is -2.49. The molecule has 1 amide bonds. The van der Waals surface area contributed by atoms with Crippen LogP contribution in [-0.4, -0.2) is 20.8 Å². The van der Waals surface area contributed by atoms with Gasteiger partial charge in [0.2, 0.25) is 3.79 Å². The van der Waals surface area contributed by atoms with Crippen LogP contribution >= 0.6 is 57.4 Å². The highest BCUT2D eigenvalue weighted by Crippen LogP contribution is 2.33. The zero-order chi connectivity index (χ0) is 18.6. The number of nitro benzene ring substituents is 1. The Bertz CT molecular complexity index is 799. The number of nitrogens with zero attached hydrogens (tertiary/aromatic N) is 1. The van der Waals surface area contributed by atoms with E-state index in [0.717, 1.165) is 3.57 Å². The zero-order valence-electron chi connectivity index (χ0n) is 12.4. The number of amides is 1. The number of halogens is 4. The first-order valence-electron chi connectivity index (χ1n) is 6.81. The first-order valence-corrected chi connectivity index (χ1v) is 9.03. The van der Waals surface area contributed by atoms with E-state index in [1.54, 1.807) is 24.3 Å². The summed E-state index contributed by atoms with van der Waals surface area (Å²) in [6.45, 7) is 0. The smallest absolute Gasteiger partial charge is 0.292 e. The summed E-state index contributed by atoms with van der Waals surface area (Å²) >= 11 is 19.8. The molecule has 1 atom stereocenters. The van der Waals surface area contributed by atoms with Crippen LogP contribution < -0.4 is 10.6 Å². The monoisotopic (exact) mass is 513 g/mol. The molecule has 2 rings (SSSR count). The van der Waals surface area contributed by atoms with Crippen molar-refractivity contribution in [2.75, 3.05) is 5.32 Å². The van der Waals surface area contributed by atoms with Crippen molar-refractivity contribution in [2.45, 2.75) is 9.96 Å². The number of carbonyl (C=O) groups excluding carboxylic acids is 1. The molecule has 6 nitrogen and oxygen atoms in total. The Balaban J connectivity index is 2.26. The van der Waals surface area contributed by atoms with Gasteiger partial charge in [-0.3, -0.25) is 14.9 Å². The van der Waals surface area contributed by atoms with Gasteiger partial charge in [-0.25, -0.2) is 0 Å². The molecule has 25 heavy (non-hydrogen) atoms. The molecule has 0 aliphatic heterocycles. The molecule has 132 valence electrons. The molecule has 10 heteroatoms. The number of hydrogen-bond donors (Lipinski definition) is 2. The first-order chi connectivity index (χ1) is 11.7. The summed E-state index contributed by atoms with van der Waals surface area (Å²) in [4.78, 5) is 22.9. The minimum Gasteiger partial charge on any atom is -0.356 e. The Morgan fingerprint density at radius 1 is 1.16 bits per heavy atom. The Kier molecular flexibility index (Phi) is 6.72. The Morgan fingerprint density at radius 2 is 1.84 bits per heavy atom. The number of nitrogens with one attached hydrogen (secondary N) is 2. The standard InChI is InChI=1S/C15H11Cl3IN3O3/c16-15(17,18)14(20-11-6-1-2-7-12(11)22(24)25)21-13(23)9-4-3-5-10(19)8-9/h1-8,14,20H,(H,21,23)/t14-/m0/s1. The molecule has 0 heterocycles. The number of para-hydroxylation sites is 2. The number of alkyl halides is 3. The molecule has 0 unspecified atom stereocenters. The molecular weight excluding hydrogens is 503 g/mol. The summed E-state index contributed by atoms with van der Waals surface area (Å²) in [5.41, 5.74) is 0.285. The van der Waals surface area contributed by atoms with Gasteiger partial charge in [-0.05, 0) is 46.9 Å². The van der Waals surface area contributed by atoms with Crippen molar-refractivity contribution in [2.24, 2.45) is 0 Å². The largest absolute Gasteiger partial charge is 0.356 e. The predicted octanol–water partition coefficient (Wildman–Crippen LogP) is 4.74. The summed E-state index contributed by atoms with van der Waals surface area (Å²) in [6.07, 6.45) is -1.19. The number of carbonyl (C=O) groups is 1. The van der Waals surface area contributed by atoms with Crippen molar-refractivity contribution in [3.63, 3.8) is 0 Å². The van der Waals surface area contributed by atoms with Gasteiger partial charge in [-0.2, -0.15) is 0 Å². The molecule has 0 saturated heterocycles. The third-order valence-electron chi connectivity index (χ3n) is 3.09. The van der Waals surface area contributed by atoms with Gasteiger partial charge >= 0.3 is 0 Å². The van der Waals surface area contributed by atoms with Crippen molar-refractivity contribution >= 4 is 74.7 Å². The van der Waals surface area contributed by atoms with Gasteiger partial charge in [0.05, 0.1) is 4.92 Å². The Hall–Kier alpha value is -1.29. The fourth-order valence-corrected chi connectivity index (χ4v) is 2.82. The summed E-state index contributed by atoms with van der Waals surface area (Å²) < 4.78 is -1.08. The minimum atomic E-state index is -1.94. The highest BCUT2D eigenvalue weighted by atomic mass is 127. The molecule has 2 N–H and O–H groups in total. The maximum Gasteiger partial charge on any atom is 0.292 e. The molecular formula is C15H11Cl3IN3O3. The van der Waals surface area contributed by atoms with Crippen LogP contribution in [0.3, 0.4) is 0 Å². The number of anilines is 1. The van der Waals surface area contributed by atoms with Gasteiger partial charge in [0.1, 0.15) is 11.9 Å². The van der Waals surface area contributed by atoms with E-state index >= 15 is 0 Å². The van der Waals surface area contributed by atoms with E-state index in [4.69, 9.17) is 34.8 Å². The average molecular weight is 515 g/mol. The second-order valence-electron chi connectivity index (χ2n) is 4.88. The molecule has 0 spiro atoms. The van der Waals surface area contributed by atoms with E-state index in [9.17, 15) is 14.9 Å². The lowest BCUT2D eigenvalue weighted by Gasteiger charge is -2.27. The zero-order valence-corrected chi connectivity index (χ0v) is 16.8. The molecule has 0 aliphatic rings. The maximum absolute atomic E-state index is 12.4. The van der Waals surface area contributed by atoms with E-state index in [-0.39, 0.29) is 11.4 Å². The van der Waals surface area contributed by atoms with Crippen molar-refractivity contribution < 1.29 is 9.72 Å². The molecule has 0 aliphatic carbocycles. The summed E-state index contributed by atoms with van der Waals surface area (Å²) in [7, 11) is 0. The Labute approximate surface area is 172 Å². The van der Waals surface area contributed by atoms with E-state index in [1.165, 1.54) is 18.2 Å². The van der Waals surface area contributed by atoms with E-state index in [2.05, 4.69) is 33.2 Å². The highest BCUT2D eigenvalue weighted by Gasteiger charge is 2.35. The predicted molar refractivity (Wildman–Crippen MR) is 107 cm³/mol. The maximum atomic E-state index is 12.4. The van der Waals surface area contributed by atoms with Crippen LogP contribution in [0.5, 0.6) is 0 Å². The van der Waals surface area contributed by atoms with E-state index in [0.29, 0.717) is 5.56 Å². The van der Waals surface area contributed by atoms with E-state index < -0.39 is 20.8 Å². The minimum absolute atomic E-state index is 0.117. The van der Waals surface area contributed by atoms with Crippen LogP contribution in [-0.2, 0) is 0 Å². The van der Waals surface area contributed by atoms with Crippen LogP contribution in [0, 0.1) is 13.7 Å². The molecule has 0 bridgehead atoms. The van der Waals surface area contributed by atoms with Gasteiger partial charge in [0.25, 0.3) is 11.6 Å². The second kappa shape index (κ2) is 8.39. The van der Waals surface area contributed by atoms with Crippen LogP contribution in [0.1, 0.15) is 10.4 Å². The lowest BCUT2D eigenvalue weighted by atomic mass is 10.2.